The van der Waals surface area contributed by atoms with E-state index in [-0.39, 0.29) is 0 Å². The van der Waals surface area contributed by atoms with Crippen LogP contribution in [0, 0.1) is 0 Å². The Hall–Kier alpha value is -0.420. The maximum atomic E-state index is 5.22. The van der Waals surface area contributed by atoms with Gasteiger partial charge in [-0.1, -0.05) is 21.1 Å². The lowest BCUT2D eigenvalue weighted by Crippen LogP contribution is -2.03. The number of hydrogen-bond acceptors (Lipinski definition) is 3. The van der Waals surface area contributed by atoms with Gasteiger partial charge in [-0.25, -0.2) is 0 Å². The summed E-state index contributed by atoms with van der Waals surface area (Å²) in [6.45, 7) is 4.45. The van der Waals surface area contributed by atoms with E-state index in [4.69, 9.17) is 4.74 Å². The van der Waals surface area contributed by atoms with Crippen LogP contribution in [0.15, 0.2) is 6.20 Å². The zero-order chi connectivity index (χ0) is 9.52. The molecule has 0 atom stereocenters. The van der Waals surface area contributed by atoms with Crippen LogP contribution in [0.4, 0.5) is 0 Å². The summed E-state index contributed by atoms with van der Waals surface area (Å²) in [4.78, 5) is 0. The highest BCUT2D eigenvalue weighted by molar-refractivity contribution is 9.08. The maximum Gasteiger partial charge on any atom is 0.0932 e. The highest BCUT2D eigenvalue weighted by Gasteiger charge is 1.97. The summed E-state index contributed by atoms with van der Waals surface area (Å²) in [5.74, 6) is 0. The van der Waals surface area contributed by atoms with Crippen molar-refractivity contribution in [2.24, 2.45) is 0 Å². The quantitative estimate of drug-likeness (QED) is 0.567. The number of nitrogens with zero attached hydrogens (tertiary/aromatic N) is 3. The lowest BCUT2D eigenvalue weighted by molar-refractivity contribution is 0.140. The van der Waals surface area contributed by atoms with E-state index < -0.39 is 0 Å². The van der Waals surface area contributed by atoms with Crippen molar-refractivity contribution in [3.8, 4) is 0 Å². The first kappa shape index (κ1) is 10.7. The number of hydrogen-bond donors (Lipinski definition) is 0. The van der Waals surface area contributed by atoms with Gasteiger partial charge in [-0.15, -0.1) is 5.10 Å². The topological polar surface area (TPSA) is 39.9 Å². The van der Waals surface area contributed by atoms with E-state index >= 15 is 0 Å². The highest BCUT2D eigenvalue weighted by Crippen LogP contribution is 1.99. The first-order valence-electron chi connectivity index (χ1n) is 4.39. The average molecular weight is 248 g/mol. The van der Waals surface area contributed by atoms with E-state index in [1.54, 1.807) is 0 Å². The van der Waals surface area contributed by atoms with Crippen LogP contribution in [0.5, 0.6) is 0 Å². The molecule has 0 radical (unpaired) electrons. The summed E-state index contributed by atoms with van der Waals surface area (Å²) in [6.07, 6.45) is 2.93. The Morgan fingerprint density at radius 2 is 2.46 bits per heavy atom. The van der Waals surface area contributed by atoms with Crippen molar-refractivity contribution in [3.05, 3.63) is 11.9 Å². The monoisotopic (exact) mass is 247 g/mol. The zero-order valence-corrected chi connectivity index (χ0v) is 9.33. The Labute approximate surface area is 86.4 Å². The van der Waals surface area contributed by atoms with Gasteiger partial charge in [0.2, 0.25) is 0 Å². The number of aromatic nitrogens is 3. The van der Waals surface area contributed by atoms with Crippen LogP contribution in [-0.4, -0.2) is 28.2 Å². The molecule has 0 aliphatic rings. The van der Waals surface area contributed by atoms with Crippen LogP contribution in [0.3, 0.4) is 0 Å². The van der Waals surface area contributed by atoms with Crippen LogP contribution in [0.1, 0.15) is 19.0 Å². The van der Waals surface area contributed by atoms with Crippen LogP contribution >= 0.6 is 15.9 Å². The van der Waals surface area contributed by atoms with Crippen molar-refractivity contribution in [3.63, 3.8) is 0 Å². The molecule has 0 fully saturated rings. The van der Waals surface area contributed by atoms with E-state index in [9.17, 15) is 0 Å². The second-order valence-corrected chi connectivity index (χ2v) is 3.22. The normalized spacial score (nSPS) is 10.6. The molecule has 0 unspecified atom stereocenters. The van der Waals surface area contributed by atoms with Gasteiger partial charge >= 0.3 is 0 Å². The number of halogens is 1. The molecule has 0 N–H and O–H groups in total. The Bertz CT molecular complexity index is 239. The molecular formula is C8H14BrN3O. The van der Waals surface area contributed by atoms with Gasteiger partial charge in [0, 0.05) is 31.3 Å². The molecule has 13 heavy (non-hydrogen) atoms. The minimum Gasteiger partial charge on any atom is -0.382 e. The molecular weight excluding hydrogens is 234 g/mol. The summed E-state index contributed by atoms with van der Waals surface area (Å²) in [7, 11) is 0. The summed E-state index contributed by atoms with van der Waals surface area (Å²) in [5, 5.41) is 8.69. The predicted octanol–water partition coefficient (Wildman–Crippen LogP) is 1.60. The summed E-state index contributed by atoms with van der Waals surface area (Å²) >= 11 is 3.32. The fourth-order valence-corrected chi connectivity index (χ4v) is 1.24. The van der Waals surface area contributed by atoms with Gasteiger partial charge in [-0.2, -0.15) is 0 Å². The third-order valence-corrected chi connectivity index (χ3v) is 2.18. The molecule has 1 rings (SSSR count). The molecule has 1 aromatic heterocycles. The van der Waals surface area contributed by atoms with E-state index in [0.717, 1.165) is 37.2 Å². The van der Waals surface area contributed by atoms with Gasteiger partial charge in [0.25, 0.3) is 0 Å². The molecule has 0 aliphatic carbocycles. The number of aryl methyl sites for hydroxylation is 1. The second-order valence-electron chi connectivity index (χ2n) is 2.66. The molecule has 0 bridgehead atoms. The fraction of sp³-hybridized carbons (Fsp3) is 0.750. The first-order valence-corrected chi connectivity index (χ1v) is 5.51. The van der Waals surface area contributed by atoms with Crippen molar-refractivity contribution in [2.75, 3.05) is 13.2 Å². The van der Waals surface area contributed by atoms with Crippen molar-refractivity contribution in [1.29, 1.82) is 0 Å². The van der Waals surface area contributed by atoms with E-state index in [2.05, 4.69) is 26.2 Å². The van der Waals surface area contributed by atoms with Crippen LogP contribution in [-0.2, 0) is 16.6 Å². The predicted molar refractivity (Wildman–Crippen MR) is 53.8 cm³/mol. The molecule has 0 saturated heterocycles. The Morgan fingerprint density at radius 1 is 1.62 bits per heavy atom. The fourth-order valence-electron chi connectivity index (χ4n) is 0.982. The maximum absolute atomic E-state index is 5.22. The van der Waals surface area contributed by atoms with Crippen molar-refractivity contribution >= 4 is 15.9 Å². The molecule has 5 heteroatoms. The minimum absolute atomic E-state index is 0.762. The minimum atomic E-state index is 0.762. The summed E-state index contributed by atoms with van der Waals surface area (Å²) < 4.78 is 7.06. The van der Waals surface area contributed by atoms with Gasteiger partial charge in [0.1, 0.15) is 0 Å². The van der Waals surface area contributed by atoms with Crippen molar-refractivity contribution in [1.82, 2.24) is 15.0 Å². The lowest BCUT2D eigenvalue weighted by atomic mass is 10.4. The molecule has 74 valence electrons. The van der Waals surface area contributed by atoms with Gasteiger partial charge in [0.15, 0.2) is 0 Å². The third-order valence-electron chi connectivity index (χ3n) is 1.60. The van der Waals surface area contributed by atoms with Crippen LogP contribution in [0.2, 0.25) is 0 Å². The van der Waals surface area contributed by atoms with E-state index in [1.807, 2.05) is 17.8 Å². The number of rotatable bonds is 6. The summed E-state index contributed by atoms with van der Waals surface area (Å²) in [6, 6.07) is 0. The van der Waals surface area contributed by atoms with Gasteiger partial charge in [0.05, 0.1) is 5.69 Å². The lowest BCUT2D eigenvalue weighted by Gasteiger charge is -2.00. The zero-order valence-electron chi connectivity index (χ0n) is 7.74. The summed E-state index contributed by atoms with van der Waals surface area (Å²) in [5.41, 5.74) is 0.969. The number of alkyl halides is 1. The van der Waals surface area contributed by atoms with Crippen LogP contribution < -0.4 is 0 Å². The molecule has 4 nitrogen and oxygen atoms in total. The average Bonchev–Trinajstić information content (AvgIpc) is 2.60. The smallest absolute Gasteiger partial charge is 0.0932 e. The van der Waals surface area contributed by atoms with Crippen molar-refractivity contribution < 1.29 is 4.74 Å². The molecule has 0 spiro atoms. The Balaban J connectivity index is 2.20. The second kappa shape index (κ2) is 6.10. The Kier molecular flexibility index (Phi) is 5.00. The molecule has 1 heterocycles. The standard InChI is InChI=1S/C8H14BrN3O/c1-2-13-5-3-4-12-7-8(6-9)10-11-12/h7H,2-6H2,1H3. The highest BCUT2D eigenvalue weighted by atomic mass is 79.9. The van der Waals surface area contributed by atoms with Gasteiger partial charge in [-0.3, -0.25) is 4.68 Å². The third kappa shape index (κ3) is 3.87. The largest absolute Gasteiger partial charge is 0.382 e. The molecule has 0 aromatic carbocycles. The van der Waals surface area contributed by atoms with E-state index in [0.29, 0.717) is 0 Å². The van der Waals surface area contributed by atoms with Gasteiger partial charge in [-0.05, 0) is 13.3 Å². The van der Waals surface area contributed by atoms with Gasteiger partial charge < -0.3 is 4.74 Å². The molecule has 0 aliphatic heterocycles. The molecule has 0 amide bonds. The SMILES string of the molecule is CCOCCCn1cc(CBr)nn1. The Morgan fingerprint density at radius 3 is 3.08 bits per heavy atom. The molecule has 1 aromatic rings. The first-order chi connectivity index (χ1) is 6.36. The van der Waals surface area contributed by atoms with E-state index in [1.165, 1.54) is 0 Å². The molecule has 0 saturated carbocycles. The van der Waals surface area contributed by atoms with Crippen molar-refractivity contribution in [2.45, 2.75) is 25.2 Å². The number of ether oxygens (including phenoxy) is 1. The van der Waals surface area contributed by atoms with Crippen LogP contribution in [0.25, 0.3) is 0 Å².